The zero-order valence-electron chi connectivity index (χ0n) is 13.6. The normalized spacial score (nSPS) is 24.6. The number of halogens is 4. The highest BCUT2D eigenvalue weighted by Crippen LogP contribution is 2.45. The van der Waals surface area contributed by atoms with Crippen LogP contribution in [0.15, 0.2) is 22.0 Å². The Morgan fingerprint density at radius 1 is 1.24 bits per heavy atom. The average molecular weight is 374 g/mol. The molecule has 1 saturated heterocycles. The third kappa shape index (κ3) is 3.31. The van der Waals surface area contributed by atoms with Gasteiger partial charge in [-0.2, -0.15) is 13.2 Å². The molecule has 0 unspecified atom stereocenters. The number of alkyl halides is 3. The zero-order valence-corrected chi connectivity index (χ0v) is 14.4. The first kappa shape index (κ1) is 17.0. The molecule has 2 aliphatic heterocycles. The summed E-state index contributed by atoms with van der Waals surface area (Å²) in [5.74, 6) is 0.570. The Balaban J connectivity index is 1.78. The van der Waals surface area contributed by atoms with Gasteiger partial charge in [-0.25, -0.2) is 9.38 Å². The van der Waals surface area contributed by atoms with Crippen molar-refractivity contribution < 1.29 is 17.6 Å². The molecule has 0 spiro atoms. The molecule has 9 heteroatoms. The van der Waals surface area contributed by atoms with Gasteiger partial charge in [0.15, 0.2) is 0 Å². The molecule has 136 valence electrons. The van der Waals surface area contributed by atoms with Gasteiger partial charge in [0, 0.05) is 25.6 Å². The van der Waals surface area contributed by atoms with Crippen LogP contribution in [-0.2, 0) is 0 Å². The van der Waals surface area contributed by atoms with Crippen LogP contribution >= 0.6 is 11.9 Å². The first-order valence-corrected chi connectivity index (χ1v) is 9.01. The Bertz CT molecular complexity index is 717. The predicted octanol–water partition coefficient (Wildman–Crippen LogP) is 3.56. The summed E-state index contributed by atoms with van der Waals surface area (Å²) >= 11 is 1.23. The molecule has 4 rings (SSSR count). The van der Waals surface area contributed by atoms with E-state index in [1.54, 1.807) is 11.9 Å². The van der Waals surface area contributed by atoms with Gasteiger partial charge in [-0.15, -0.1) is 0 Å². The largest absolute Gasteiger partial charge is 0.409 e. The molecular formula is C16H18F4N4S. The van der Waals surface area contributed by atoms with Gasteiger partial charge >= 0.3 is 6.18 Å². The van der Waals surface area contributed by atoms with E-state index >= 15 is 0 Å². The van der Waals surface area contributed by atoms with Crippen LogP contribution in [0.4, 0.5) is 28.9 Å². The molecule has 1 saturated carbocycles. The van der Waals surface area contributed by atoms with Crippen LogP contribution in [0.25, 0.3) is 0 Å². The topological polar surface area (TPSA) is 30.9 Å². The fourth-order valence-corrected chi connectivity index (χ4v) is 4.08. The number of fused-ring (bicyclic) bond motifs is 1. The zero-order chi connectivity index (χ0) is 17.8. The maximum Gasteiger partial charge on any atom is 0.409 e. The van der Waals surface area contributed by atoms with Gasteiger partial charge in [0.25, 0.3) is 0 Å². The van der Waals surface area contributed by atoms with Crippen LogP contribution in [0.5, 0.6) is 0 Å². The number of hydrogen-bond donors (Lipinski definition) is 1. The Morgan fingerprint density at radius 2 is 2.00 bits per heavy atom. The minimum Gasteiger partial charge on any atom is -0.356 e. The molecule has 1 aromatic carbocycles. The number of nitrogens with zero attached hydrogens (tertiary/aromatic N) is 3. The van der Waals surface area contributed by atoms with Crippen molar-refractivity contribution in [2.24, 2.45) is 10.9 Å². The number of amidine groups is 1. The van der Waals surface area contributed by atoms with Gasteiger partial charge in [-0.1, -0.05) is 0 Å². The van der Waals surface area contributed by atoms with Gasteiger partial charge in [-0.3, -0.25) is 0 Å². The number of hydrogen-bond acceptors (Lipinski definition) is 5. The van der Waals surface area contributed by atoms with E-state index in [9.17, 15) is 17.6 Å². The molecule has 0 amide bonds. The van der Waals surface area contributed by atoms with Crippen molar-refractivity contribution in [3.63, 3.8) is 0 Å². The van der Waals surface area contributed by atoms with Crippen LogP contribution in [0, 0.1) is 11.7 Å². The van der Waals surface area contributed by atoms with Gasteiger partial charge in [0.2, 0.25) is 0 Å². The number of anilines is 1. The summed E-state index contributed by atoms with van der Waals surface area (Å²) in [7, 11) is 1.67. The van der Waals surface area contributed by atoms with Crippen molar-refractivity contribution in [3.8, 4) is 0 Å². The maximum absolute atomic E-state index is 14.1. The van der Waals surface area contributed by atoms with Crippen molar-refractivity contribution >= 4 is 29.2 Å². The van der Waals surface area contributed by atoms with Crippen molar-refractivity contribution in [1.29, 1.82) is 0 Å². The summed E-state index contributed by atoms with van der Waals surface area (Å²) in [5.41, 5.74) is 0.684. The second-order valence-corrected chi connectivity index (χ2v) is 7.61. The van der Waals surface area contributed by atoms with E-state index in [4.69, 9.17) is 0 Å². The molecule has 4 nitrogen and oxygen atoms in total. The standard InChI is InChI=1S/C16H18F4N4S/c1-23-4-5-24(13(8-23)16(18,19)20)11-6-10(17)7-12-14(11)21-15(22-25-12)9-2-3-9/h6-7,9,13H,2-5,8H2,1H3,(H,21,22)/t13-/m0/s1. The third-order valence-corrected chi connectivity index (χ3v) is 5.59. The van der Waals surface area contributed by atoms with E-state index in [-0.39, 0.29) is 18.8 Å². The molecule has 1 atom stereocenters. The van der Waals surface area contributed by atoms with Gasteiger partial charge in [-0.05, 0) is 44.0 Å². The lowest BCUT2D eigenvalue weighted by Crippen LogP contribution is -2.58. The van der Waals surface area contributed by atoms with Gasteiger partial charge < -0.3 is 14.5 Å². The SMILES string of the molecule is CN1CCN(c2cc(F)cc3c2N=C(C2CC2)NS3)[C@H](C(F)(F)F)C1. The van der Waals surface area contributed by atoms with E-state index < -0.39 is 18.0 Å². The second-order valence-electron chi connectivity index (χ2n) is 6.76. The van der Waals surface area contributed by atoms with Crippen molar-refractivity contribution in [2.45, 2.75) is 30.0 Å². The summed E-state index contributed by atoms with van der Waals surface area (Å²) in [6, 6.07) is 0.835. The van der Waals surface area contributed by atoms with Crippen molar-refractivity contribution in [2.75, 3.05) is 31.6 Å². The Labute approximate surface area is 147 Å². The monoisotopic (exact) mass is 374 g/mol. The van der Waals surface area contributed by atoms with Crippen LogP contribution in [-0.4, -0.2) is 49.6 Å². The van der Waals surface area contributed by atoms with E-state index in [1.165, 1.54) is 29.0 Å². The summed E-state index contributed by atoms with van der Waals surface area (Å²) in [5, 5.41) is 0. The highest BCUT2D eigenvalue weighted by atomic mass is 32.2. The lowest BCUT2D eigenvalue weighted by atomic mass is 10.1. The quantitative estimate of drug-likeness (QED) is 0.634. The summed E-state index contributed by atoms with van der Waals surface area (Å²) < 4.78 is 57.9. The summed E-state index contributed by atoms with van der Waals surface area (Å²) in [6.45, 7) is 0.533. The first-order valence-electron chi connectivity index (χ1n) is 8.20. The Morgan fingerprint density at radius 3 is 2.68 bits per heavy atom. The Kier molecular flexibility index (Phi) is 4.10. The van der Waals surface area contributed by atoms with Crippen molar-refractivity contribution in [1.82, 2.24) is 9.62 Å². The summed E-state index contributed by atoms with van der Waals surface area (Å²) in [6.07, 6.45) is -2.34. The molecule has 2 heterocycles. The Hall–Kier alpha value is -1.48. The van der Waals surface area contributed by atoms with Crippen LogP contribution in [0.3, 0.4) is 0 Å². The molecule has 1 aliphatic carbocycles. The minimum atomic E-state index is -4.39. The third-order valence-electron chi connectivity index (χ3n) is 4.75. The molecule has 1 N–H and O–H groups in total. The average Bonchev–Trinajstić information content (AvgIpc) is 3.38. The van der Waals surface area contributed by atoms with E-state index in [0.717, 1.165) is 18.7 Å². The number of aliphatic imine (C=N–C) groups is 1. The molecule has 3 aliphatic rings. The predicted molar refractivity (Wildman–Crippen MR) is 89.9 cm³/mol. The molecule has 2 fully saturated rings. The molecule has 25 heavy (non-hydrogen) atoms. The highest BCUT2D eigenvalue weighted by molar-refractivity contribution is 7.98. The molecule has 0 radical (unpaired) electrons. The highest BCUT2D eigenvalue weighted by Gasteiger charge is 2.47. The molecule has 1 aromatic rings. The first-order chi connectivity index (χ1) is 11.8. The van der Waals surface area contributed by atoms with Gasteiger partial charge in [0.1, 0.15) is 23.4 Å². The van der Waals surface area contributed by atoms with E-state index in [1.807, 2.05) is 0 Å². The van der Waals surface area contributed by atoms with Crippen molar-refractivity contribution in [3.05, 3.63) is 17.9 Å². The molecular weight excluding hydrogens is 356 g/mol. The molecule has 0 bridgehead atoms. The number of benzene rings is 1. The fourth-order valence-electron chi connectivity index (χ4n) is 3.24. The molecule has 0 aromatic heterocycles. The maximum atomic E-state index is 14.1. The number of likely N-dealkylation sites (N-methyl/N-ethyl adjacent to an activating group) is 1. The van der Waals surface area contributed by atoms with Crippen LogP contribution < -0.4 is 9.62 Å². The lowest BCUT2D eigenvalue weighted by Gasteiger charge is -2.42. The summed E-state index contributed by atoms with van der Waals surface area (Å²) in [4.78, 5) is 8.00. The van der Waals surface area contributed by atoms with Crippen LogP contribution in [0.2, 0.25) is 0 Å². The number of rotatable bonds is 2. The number of piperazine rings is 1. The lowest BCUT2D eigenvalue weighted by molar-refractivity contribution is -0.155. The van der Waals surface area contributed by atoms with E-state index in [0.29, 0.717) is 23.0 Å². The fraction of sp³-hybridized carbons (Fsp3) is 0.562. The second kappa shape index (κ2) is 6.05. The van der Waals surface area contributed by atoms with Gasteiger partial charge in [0.05, 0.1) is 10.6 Å². The minimum absolute atomic E-state index is 0.140. The van der Waals surface area contributed by atoms with Crippen LogP contribution in [0.1, 0.15) is 12.8 Å². The smallest absolute Gasteiger partial charge is 0.356 e. The van der Waals surface area contributed by atoms with E-state index in [2.05, 4.69) is 9.71 Å². The number of nitrogens with one attached hydrogen (secondary N) is 1.